The van der Waals surface area contributed by atoms with Crippen molar-refractivity contribution in [1.82, 2.24) is 10.3 Å². The minimum absolute atomic E-state index is 0.0970. The zero-order chi connectivity index (χ0) is 19.6. The fraction of sp³-hybridized carbons (Fsp3) is 0.263. The SMILES string of the molecule is CC[C@]1(c2cccc(NC(=O)c3ccc(Cl)cn3)c2)N=C(N)NC(=O)C1C. The number of rotatable bonds is 4. The number of carbonyl (C=O) groups is 2. The summed E-state index contributed by atoms with van der Waals surface area (Å²) in [5, 5.41) is 5.83. The van der Waals surface area contributed by atoms with Gasteiger partial charge in [-0.2, -0.15) is 0 Å². The van der Waals surface area contributed by atoms with E-state index in [0.717, 1.165) is 5.56 Å². The quantitative estimate of drug-likeness (QED) is 0.751. The summed E-state index contributed by atoms with van der Waals surface area (Å²) >= 11 is 5.80. The maximum atomic E-state index is 12.4. The summed E-state index contributed by atoms with van der Waals surface area (Å²) in [7, 11) is 0. The monoisotopic (exact) mass is 385 g/mol. The van der Waals surface area contributed by atoms with E-state index < -0.39 is 11.5 Å². The molecule has 0 aliphatic carbocycles. The Morgan fingerprint density at radius 3 is 2.81 bits per heavy atom. The van der Waals surface area contributed by atoms with Crippen LogP contribution in [-0.4, -0.2) is 22.8 Å². The van der Waals surface area contributed by atoms with E-state index in [1.807, 2.05) is 32.0 Å². The van der Waals surface area contributed by atoms with E-state index in [1.165, 1.54) is 6.20 Å². The van der Waals surface area contributed by atoms with E-state index in [4.69, 9.17) is 17.3 Å². The number of halogens is 1. The van der Waals surface area contributed by atoms with E-state index in [2.05, 4.69) is 20.6 Å². The van der Waals surface area contributed by atoms with Crippen molar-refractivity contribution < 1.29 is 9.59 Å². The molecular formula is C19H20ClN5O2. The molecule has 2 atom stereocenters. The zero-order valence-electron chi connectivity index (χ0n) is 15.0. The Hall–Kier alpha value is -2.93. The van der Waals surface area contributed by atoms with E-state index in [-0.39, 0.29) is 23.5 Å². The number of aliphatic imine (C=N–C) groups is 1. The van der Waals surface area contributed by atoms with Crippen LogP contribution >= 0.6 is 11.6 Å². The molecule has 2 aromatic rings. The molecule has 0 fully saturated rings. The summed E-state index contributed by atoms with van der Waals surface area (Å²) in [6.45, 7) is 3.77. The summed E-state index contributed by atoms with van der Waals surface area (Å²) in [4.78, 5) is 33.2. The van der Waals surface area contributed by atoms with Gasteiger partial charge in [-0.25, -0.2) is 9.98 Å². The molecule has 7 nitrogen and oxygen atoms in total. The van der Waals surface area contributed by atoms with Gasteiger partial charge in [-0.15, -0.1) is 0 Å². The third-order valence-corrected chi connectivity index (χ3v) is 5.02. The van der Waals surface area contributed by atoms with Crippen LogP contribution in [0.1, 0.15) is 36.3 Å². The number of guanidine groups is 1. The molecule has 27 heavy (non-hydrogen) atoms. The van der Waals surface area contributed by atoms with Crippen molar-refractivity contribution in [3.63, 3.8) is 0 Å². The number of aromatic nitrogens is 1. The van der Waals surface area contributed by atoms with Crippen LogP contribution in [-0.2, 0) is 10.3 Å². The number of pyridine rings is 1. The number of carbonyl (C=O) groups excluding carboxylic acids is 2. The van der Waals surface area contributed by atoms with Crippen molar-refractivity contribution in [2.24, 2.45) is 16.6 Å². The Kier molecular flexibility index (Phi) is 5.14. The Bertz CT molecular complexity index is 913. The van der Waals surface area contributed by atoms with Gasteiger partial charge in [0.2, 0.25) is 5.91 Å². The molecule has 1 aromatic carbocycles. The minimum Gasteiger partial charge on any atom is -0.370 e. The molecule has 3 rings (SSSR count). The Morgan fingerprint density at radius 2 is 2.15 bits per heavy atom. The molecule has 2 heterocycles. The normalized spacial score (nSPS) is 22.0. The van der Waals surface area contributed by atoms with Crippen LogP contribution in [0.4, 0.5) is 5.69 Å². The number of amides is 2. The molecule has 1 aliphatic heterocycles. The number of hydrogen-bond acceptors (Lipinski definition) is 5. The van der Waals surface area contributed by atoms with Crippen LogP contribution < -0.4 is 16.4 Å². The molecule has 8 heteroatoms. The van der Waals surface area contributed by atoms with Crippen molar-refractivity contribution in [3.8, 4) is 0 Å². The van der Waals surface area contributed by atoms with Gasteiger partial charge in [-0.1, -0.05) is 37.6 Å². The molecule has 0 bridgehead atoms. The minimum atomic E-state index is -0.786. The highest BCUT2D eigenvalue weighted by Crippen LogP contribution is 2.40. The van der Waals surface area contributed by atoms with Gasteiger partial charge in [0.25, 0.3) is 5.91 Å². The highest BCUT2D eigenvalue weighted by molar-refractivity contribution is 6.30. The van der Waals surface area contributed by atoms with Crippen molar-refractivity contribution >= 4 is 35.1 Å². The maximum Gasteiger partial charge on any atom is 0.274 e. The lowest BCUT2D eigenvalue weighted by Crippen LogP contribution is -2.53. The number of nitrogens with two attached hydrogens (primary N) is 1. The molecule has 1 aromatic heterocycles. The van der Waals surface area contributed by atoms with Gasteiger partial charge < -0.3 is 11.1 Å². The molecule has 1 unspecified atom stereocenters. The predicted molar refractivity (Wildman–Crippen MR) is 105 cm³/mol. The van der Waals surface area contributed by atoms with Crippen LogP contribution in [0, 0.1) is 5.92 Å². The van der Waals surface area contributed by atoms with Crippen LogP contribution in [0.3, 0.4) is 0 Å². The fourth-order valence-electron chi connectivity index (χ4n) is 3.27. The molecule has 0 radical (unpaired) electrons. The van der Waals surface area contributed by atoms with Gasteiger partial charge in [-0.05, 0) is 36.2 Å². The first-order valence-electron chi connectivity index (χ1n) is 8.55. The second-order valence-corrected chi connectivity index (χ2v) is 6.82. The predicted octanol–water partition coefficient (Wildman–Crippen LogP) is 2.67. The highest BCUT2D eigenvalue weighted by Gasteiger charge is 2.43. The lowest BCUT2D eigenvalue weighted by atomic mass is 9.76. The maximum absolute atomic E-state index is 12.4. The number of hydrogen-bond donors (Lipinski definition) is 3. The zero-order valence-corrected chi connectivity index (χ0v) is 15.7. The van der Waals surface area contributed by atoms with Gasteiger partial charge >= 0.3 is 0 Å². The average Bonchev–Trinajstić information content (AvgIpc) is 2.65. The second kappa shape index (κ2) is 7.36. The standard InChI is InChI=1S/C19H20ClN5O2/c1-3-19(11(2)16(26)24-18(21)25-19)12-5-4-6-14(9-12)23-17(27)15-8-7-13(20)10-22-15/h4-11H,3H2,1-2H3,(H,23,27)(H3,21,24,25,26)/t11?,19-/m0/s1. The van der Waals surface area contributed by atoms with Gasteiger partial charge in [0.1, 0.15) is 11.2 Å². The van der Waals surface area contributed by atoms with Crippen LogP contribution in [0.25, 0.3) is 0 Å². The molecule has 0 spiro atoms. The Balaban J connectivity index is 1.92. The largest absolute Gasteiger partial charge is 0.370 e. The average molecular weight is 386 g/mol. The molecule has 4 N–H and O–H groups in total. The Morgan fingerprint density at radius 1 is 1.37 bits per heavy atom. The van der Waals surface area contributed by atoms with Gasteiger partial charge in [-0.3, -0.25) is 14.9 Å². The lowest BCUT2D eigenvalue weighted by Gasteiger charge is -2.38. The number of nitrogens with zero attached hydrogens (tertiary/aromatic N) is 2. The smallest absolute Gasteiger partial charge is 0.274 e. The third-order valence-electron chi connectivity index (χ3n) is 4.80. The third kappa shape index (κ3) is 3.64. The summed E-state index contributed by atoms with van der Waals surface area (Å²) < 4.78 is 0. The van der Waals surface area contributed by atoms with Gasteiger partial charge in [0.05, 0.1) is 10.9 Å². The van der Waals surface area contributed by atoms with E-state index in [9.17, 15) is 9.59 Å². The summed E-state index contributed by atoms with van der Waals surface area (Å²) in [5.41, 5.74) is 6.66. The fourth-order valence-corrected chi connectivity index (χ4v) is 3.38. The lowest BCUT2D eigenvalue weighted by molar-refractivity contribution is -0.126. The summed E-state index contributed by atoms with van der Waals surface area (Å²) in [6, 6.07) is 10.4. The van der Waals surface area contributed by atoms with E-state index in [1.54, 1.807) is 18.2 Å². The topological polar surface area (TPSA) is 109 Å². The van der Waals surface area contributed by atoms with E-state index >= 15 is 0 Å². The molecule has 1 aliphatic rings. The molecule has 0 saturated heterocycles. The molecular weight excluding hydrogens is 366 g/mol. The van der Waals surface area contributed by atoms with Crippen molar-refractivity contribution in [1.29, 1.82) is 0 Å². The van der Waals surface area contributed by atoms with Crippen LogP contribution in [0.5, 0.6) is 0 Å². The first-order valence-corrected chi connectivity index (χ1v) is 8.93. The highest BCUT2D eigenvalue weighted by atomic mass is 35.5. The second-order valence-electron chi connectivity index (χ2n) is 6.38. The summed E-state index contributed by atoms with van der Waals surface area (Å²) in [6.07, 6.45) is 2.00. The summed E-state index contributed by atoms with van der Waals surface area (Å²) in [5.74, 6) is -0.839. The van der Waals surface area contributed by atoms with Crippen LogP contribution in [0.15, 0.2) is 47.6 Å². The van der Waals surface area contributed by atoms with Gasteiger partial charge in [0.15, 0.2) is 5.96 Å². The van der Waals surface area contributed by atoms with E-state index in [0.29, 0.717) is 17.1 Å². The number of benzene rings is 1. The van der Waals surface area contributed by atoms with Gasteiger partial charge in [0, 0.05) is 11.9 Å². The Labute approximate surface area is 162 Å². The van der Waals surface area contributed by atoms with Crippen molar-refractivity contribution in [2.45, 2.75) is 25.8 Å². The first kappa shape index (κ1) is 18.8. The molecule has 140 valence electrons. The van der Waals surface area contributed by atoms with Crippen molar-refractivity contribution in [3.05, 3.63) is 58.9 Å². The molecule has 0 saturated carbocycles. The number of anilines is 1. The number of nitrogens with one attached hydrogen (secondary N) is 2. The van der Waals surface area contributed by atoms with Crippen LogP contribution in [0.2, 0.25) is 5.02 Å². The first-order chi connectivity index (χ1) is 12.9. The molecule has 2 amide bonds. The van der Waals surface area contributed by atoms with Crippen molar-refractivity contribution in [2.75, 3.05) is 5.32 Å².